The van der Waals surface area contributed by atoms with E-state index in [0.29, 0.717) is 16.9 Å². The maximum atomic E-state index is 12.2. The highest BCUT2D eigenvalue weighted by atomic mass is 79.9. The zero-order chi connectivity index (χ0) is 15.4. The van der Waals surface area contributed by atoms with Crippen LogP contribution in [0.4, 0.5) is 11.4 Å². The van der Waals surface area contributed by atoms with E-state index in [1.165, 1.54) is 12.1 Å². The second-order valence-electron chi connectivity index (χ2n) is 4.17. The summed E-state index contributed by atoms with van der Waals surface area (Å²) in [5, 5.41) is 20.5. The SMILES string of the molecule is N#Cc1ccc(NC(=O)c2cc(Br)ccc2N)cc1C#N. The van der Waals surface area contributed by atoms with Gasteiger partial charge < -0.3 is 11.1 Å². The minimum atomic E-state index is -0.387. The first-order chi connectivity index (χ1) is 10.0. The normalized spacial score (nSPS) is 9.48. The number of nitriles is 2. The van der Waals surface area contributed by atoms with Crippen molar-refractivity contribution < 1.29 is 4.79 Å². The molecule has 0 heterocycles. The van der Waals surface area contributed by atoms with E-state index in [0.717, 1.165) is 4.47 Å². The average molecular weight is 341 g/mol. The number of hydrogen-bond acceptors (Lipinski definition) is 4. The molecule has 3 N–H and O–H groups in total. The monoisotopic (exact) mass is 340 g/mol. The fraction of sp³-hybridized carbons (Fsp3) is 0. The molecule has 0 aromatic heterocycles. The number of nitrogen functional groups attached to an aromatic ring is 1. The van der Waals surface area contributed by atoms with E-state index in [4.69, 9.17) is 16.3 Å². The lowest BCUT2D eigenvalue weighted by Gasteiger charge is -2.08. The number of rotatable bonds is 2. The Labute approximate surface area is 129 Å². The third-order valence-corrected chi connectivity index (χ3v) is 3.27. The van der Waals surface area contributed by atoms with Crippen LogP contribution in [0.25, 0.3) is 0 Å². The van der Waals surface area contributed by atoms with Crippen LogP contribution in [0.3, 0.4) is 0 Å². The molecule has 0 saturated carbocycles. The molecule has 2 rings (SSSR count). The van der Waals surface area contributed by atoms with Crippen molar-refractivity contribution in [1.82, 2.24) is 0 Å². The van der Waals surface area contributed by atoms with Crippen molar-refractivity contribution in [2.75, 3.05) is 11.1 Å². The highest BCUT2D eigenvalue weighted by molar-refractivity contribution is 9.10. The van der Waals surface area contributed by atoms with Gasteiger partial charge in [-0.25, -0.2) is 0 Å². The Kier molecular flexibility index (Phi) is 4.22. The van der Waals surface area contributed by atoms with Crippen LogP contribution < -0.4 is 11.1 Å². The second kappa shape index (κ2) is 6.08. The predicted octanol–water partition coefficient (Wildman–Crippen LogP) is 3.03. The molecule has 5 nitrogen and oxygen atoms in total. The Hall–Kier alpha value is -2.83. The lowest BCUT2D eigenvalue weighted by molar-refractivity contribution is 0.102. The number of nitrogens with one attached hydrogen (secondary N) is 1. The Morgan fingerprint density at radius 3 is 2.48 bits per heavy atom. The third kappa shape index (κ3) is 3.19. The fourth-order valence-corrected chi connectivity index (χ4v) is 2.10. The van der Waals surface area contributed by atoms with Crippen molar-refractivity contribution >= 4 is 33.2 Å². The topological polar surface area (TPSA) is 103 Å². The molecule has 102 valence electrons. The van der Waals surface area contributed by atoms with Crippen molar-refractivity contribution in [1.29, 1.82) is 10.5 Å². The number of nitrogens with two attached hydrogens (primary N) is 1. The Morgan fingerprint density at radius 1 is 1.10 bits per heavy atom. The number of nitrogens with zero attached hydrogens (tertiary/aromatic N) is 2. The maximum Gasteiger partial charge on any atom is 0.257 e. The molecular formula is C15H9BrN4O. The van der Waals surface area contributed by atoms with Crippen LogP contribution in [0.1, 0.15) is 21.5 Å². The predicted molar refractivity (Wildman–Crippen MR) is 82.4 cm³/mol. The highest BCUT2D eigenvalue weighted by Gasteiger charge is 2.11. The molecule has 2 aromatic rings. The molecule has 0 unspecified atom stereocenters. The number of carbonyl (C=O) groups excluding carboxylic acids is 1. The first kappa shape index (κ1) is 14.6. The van der Waals surface area contributed by atoms with E-state index in [1.807, 2.05) is 12.1 Å². The number of benzene rings is 2. The molecule has 0 bridgehead atoms. The smallest absolute Gasteiger partial charge is 0.257 e. The van der Waals surface area contributed by atoms with Gasteiger partial charge in [0.2, 0.25) is 0 Å². The Morgan fingerprint density at radius 2 is 1.81 bits per heavy atom. The molecule has 0 spiro atoms. The van der Waals surface area contributed by atoms with E-state index in [-0.39, 0.29) is 17.0 Å². The molecule has 0 saturated heterocycles. The van der Waals surface area contributed by atoms with E-state index in [9.17, 15) is 4.79 Å². The van der Waals surface area contributed by atoms with E-state index in [2.05, 4.69) is 21.2 Å². The van der Waals surface area contributed by atoms with Crippen molar-refractivity contribution in [2.24, 2.45) is 0 Å². The average Bonchev–Trinajstić information content (AvgIpc) is 2.49. The first-order valence-electron chi connectivity index (χ1n) is 5.86. The number of hydrogen-bond donors (Lipinski definition) is 2. The summed E-state index contributed by atoms with van der Waals surface area (Å²) < 4.78 is 0.736. The van der Waals surface area contributed by atoms with Crippen LogP contribution in [0.15, 0.2) is 40.9 Å². The lowest BCUT2D eigenvalue weighted by Crippen LogP contribution is -2.14. The van der Waals surface area contributed by atoms with Crippen LogP contribution in [0.2, 0.25) is 0 Å². The quantitative estimate of drug-likeness (QED) is 0.820. The molecule has 0 aliphatic heterocycles. The molecule has 0 fully saturated rings. The van der Waals surface area contributed by atoms with Gasteiger partial charge in [0, 0.05) is 15.8 Å². The van der Waals surface area contributed by atoms with Crippen molar-refractivity contribution in [3.05, 3.63) is 57.6 Å². The molecule has 0 radical (unpaired) electrons. The summed E-state index contributed by atoms with van der Waals surface area (Å²) in [7, 11) is 0. The van der Waals surface area contributed by atoms with E-state index in [1.54, 1.807) is 24.3 Å². The molecule has 1 amide bonds. The number of anilines is 2. The van der Waals surface area contributed by atoms with Gasteiger partial charge in [-0.2, -0.15) is 10.5 Å². The van der Waals surface area contributed by atoms with Gasteiger partial charge in [-0.15, -0.1) is 0 Å². The van der Waals surface area contributed by atoms with Crippen molar-refractivity contribution in [3.8, 4) is 12.1 Å². The van der Waals surface area contributed by atoms with Crippen molar-refractivity contribution in [3.63, 3.8) is 0 Å². The van der Waals surface area contributed by atoms with Crippen LogP contribution in [-0.4, -0.2) is 5.91 Å². The zero-order valence-electron chi connectivity index (χ0n) is 10.7. The Bertz CT molecular complexity index is 802. The van der Waals surface area contributed by atoms with Gasteiger partial charge in [-0.3, -0.25) is 4.79 Å². The second-order valence-corrected chi connectivity index (χ2v) is 5.09. The van der Waals surface area contributed by atoms with E-state index >= 15 is 0 Å². The minimum Gasteiger partial charge on any atom is -0.398 e. The maximum absolute atomic E-state index is 12.2. The molecule has 2 aromatic carbocycles. The van der Waals surface area contributed by atoms with Gasteiger partial charge in [-0.1, -0.05) is 15.9 Å². The van der Waals surface area contributed by atoms with Crippen LogP contribution >= 0.6 is 15.9 Å². The van der Waals surface area contributed by atoms with Crippen LogP contribution in [-0.2, 0) is 0 Å². The van der Waals surface area contributed by atoms with E-state index < -0.39 is 0 Å². The number of carbonyl (C=O) groups is 1. The van der Waals surface area contributed by atoms with Gasteiger partial charge >= 0.3 is 0 Å². The zero-order valence-corrected chi connectivity index (χ0v) is 12.3. The standard InChI is InChI=1S/C15H9BrN4O/c16-11-2-4-14(19)13(6-11)15(21)20-12-3-1-9(7-17)10(5-12)8-18/h1-6H,19H2,(H,20,21). The molecular weight excluding hydrogens is 332 g/mol. The first-order valence-corrected chi connectivity index (χ1v) is 6.65. The minimum absolute atomic E-state index is 0.206. The third-order valence-electron chi connectivity index (χ3n) is 2.78. The Balaban J connectivity index is 2.30. The summed E-state index contributed by atoms with van der Waals surface area (Å²) in [5.74, 6) is -0.387. The molecule has 0 aliphatic carbocycles. The fourth-order valence-electron chi connectivity index (χ4n) is 1.74. The lowest BCUT2D eigenvalue weighted by atomic mass is 10.1. The van der Waals surface area contributed by atoms with Gasteiger partial charge in [-0.05, 0) is 36.4 Å². The summed E-state index contributed by atoms with van der Waals surface area (Å²) in [5.41, 5.74) is 7.34. The van der Waals surface area contributed by atoms with Gasteiger partial charge in [0.05, 0.1) is 16.7 Å². The number of halogens is 1. The summed E-state index contributed by atoms with van der Waals surface area (Å²) >= 11 is 3.28. The van der Waals surface area contributed by atoms with Crippen molar-refractivity contribution in [2.45, 2.75) is 0 Å². The van der Waals surface area contributed by atoms with Gasteiger partial charge in [0.15, 0.2) is 0 Å². The molecule has 0 aliphatic rings. The molecule has 6 heteroatoms. The summed E-state index contributed by atoms with van der Waals surface area (Å²) in [6.45, 7) is 0. The van der Waals surface area contributed by atoms with Crippen LogP contribution in [0, 0.1) is 22.7 Å². The van der Waals surface area contributed by atoms with Gasteiger partial charge in [0.25, 0.3) is 5.91 Å². The molecule has 0 atom stereocenters. The van der Waals surface area contributed by atoms with Crippen LogP contribution in [0.5, 0.6) is 0 Å². The summed E-state index contributed by atoms with van der Waals surface area (Å²) in [4.78, 5) is 12.2. The summed E-state index contributed by atoms with van der Waals surface area (Å²) in [6.07, 6.45) is 0. The van der Waals surface area contributed by atoms with Gasteiger partial charge in [0.1, 0.15) is 12.1 Å². The number of amides is 1. The largest absolute Gasteiger partial charge is 0.398 e. The molecule has 21 heavy (non-hydrogen) atoms. The summed E-state index contributed by atoms with van der Waals surface area (Å²) in [6, 6.07) is 13.3. The highest BCUT2D eigenvalue weighted by Crippen LogP contribution is 2.21.